The predicted molar refractivity (Wildman–Crippen MR) is 76.8 cm³/mol. The Morgan fingerprint density at radius 1 is 1.00 bits per heavy atom. The molecule has 3 rings (SSSR count). The van der Waals surface area contributed by atoms with Crippen LogP contribution >= 0.6 is 0 Å². The van der Waals surface area contributed by atoms with Gasteiger partial charge in [0.1, 0.15) is 0 Å². The van der Waals surface area contributed by atoms with Crippen molar-refractivity contribution in [3.8, 4) is 0 Å². The lowest BCUT2D eigenvalue weighted by atomic mass is 9.92. The second-order valence-electron chi connectivity index (χ2n) is 7.82. The van der Waals surface area contributed by atoms with Crippen LogP contribution in [0.4, 0.5) is 0 Å². The van der Waals surface area contributed by atoms with Crippen LogP contribution < -0.4 is 0 Å². The molecule has 0 radical (unpaired) electrons. The molecule has 0 aromatic carbocycles. The third-order valence-electron chi connectivity index (χ3n) is 5.41. The highest BCUT2D eigenvalue weighted by Crippen LogP contribution is 2.46. The summed E-state index contributed by atoms with van der Waals surface area (Å²) in [6, 6.07) is 0.839. The van der Waals surface area contributed by atoms with Crippen molar-refractivity contribution in [3.05, 3.63) is 0 Å². The Morgan fingerprint density at radius 2 is 1.68 bits per heavy atom. The molecule has 1 amide bonds. The number of piperazine rings is 1. The van der Waals surface area contributed by atoms with Crippen LogP contribution in [0.15, 0.2) is 0 Å². The molecule has 3 fully saturated rings. The van der Waals surface area contributed by atoms with E-state index in [1.807, 2.05) is 20.8 Å². The van der Waals surface area contributed by atoms with Crippen molar-refractivity contribution in [1.29, 1.82) is 0 Å². The summed E-state index contributed by atoms with van der Waals surface area (Å²) in [4.78, 5) is 17.0. The minimum Gasteiger partial charge on any atom is -0.340 e. The van der Waals surface area contributed by atoms with Gasteiger partial charge in [0.05, 0.1) is 0 Å². The lowest BCUT2D eigenvalue weighted by Gasteiger charge is -2.42. The molecule has 1 aliphatic heterocycles. The van der Waals surface area contributed by atoms with Crippen LogP contribution in [0.3, 0.4) is 0 Å². The standard InChI is InChI=1S/C16H28N2O/c1-16(2,3)15(19)18-8-6-17(7-9-18)14-11-12-4-5-13(14)10-12/h12-14H,4-11H2,1-3H3. The number of hydrogen-bond donors (Lipinski definition) is 0. The Hall–Kier alpha value is -0.570. The SMILES string of the molecule is CC(C)(C)C(=O)N1CCN(C2CC3CCC2C3)CC1. The maximum Gasteiger partial charge on any atom is 0.228 e. The van der Waals surface area contributed by atoms with Crippen LogP contribution in [0.5, 0.6) is 0 Å². The molecule has 108 valence electrons. The fourth-order valence-corrected chi connectivity index (χ4v) is 4.39. The van der Waals surface area contributed by atoms with Gasteiger partial charge in [0.25, 0.3) is 0 Å². The average molecular weight is 264 g/mol. The molecule has 0 spiro atoms. The number of carbonyl (C=O) groups is 1. The van der Waals surface area contributed by atoms with Gasteiger partial charge in [-0.3, -0.25) is 9.69 Å². The average Bonchev–Trinajstić information content (AvgIpc) is 2.99. The molecule has 1 saturated heterocycles. The van der Waals surface area contributed by atoms with Crippen molar-refractivity contribution in [2.75, 3.05) is 26.2 Å². The van der Waals surface area contributed by atoms with E-state index in [4.69, 9.17) is 0 Å². The van der Waals surface area contributed by atoms with Gasteiger partial charge in [0.2, 0.25) is 5.91 Å². The number of hydrogen-bond acceptors (Lipinski definition) is 2. The summed E-state index contributed by atoms with van der Waals surface area (Å²) < 4.78 is 0. The van der Waals surface area contributed by atoms with E-state index < -0.39 is 0 Å². The zero-order valence-electron chi connectivity index (χ0n) is 12.7. The molecule has 2 bridgehead atoms. The van der Waals surface area contributed by atoms with Crippen molar-refractivity contribution >= 4 is 5.91 Å². The number of rotatable bonds is 1. The van der Waals surface area contributed by atoms with Crippen molar-refractivity contribution in [3.63, 3.8) is 0 Å². The summed E-state index contributed by atoms with van der Waals surface area (Å²) in [5.41, 5.74) is -0.228. The van der Waals surface area contributed by atoms with E-state index in [1.54, 1.807) is 0 Å². The highest BCUT2D eigenvalue weighted by atomic mass is 16.2. The largest absolute Gasteiger partial charge is 0.340 e. The second-order valence-corrected chi connectivity index (χ2v) is 7.82. The number of fused-ring (bicyclic) bond motifs is 2. The van der Waals surface area contributed by atoms with E-state index in [9.17, 15) is 4.79 Å². The Morgan fingerprint density at radius 3 is 2.16 bits per heavy atom. The van der Waals surface area contributed by atoms with Crippen molar-refractivity contribution < 1.29 is 4.79 Å². The zero-order valence-corrected chi connectivity index (χ0v) is 12.7. The summed E-state index contributed by atoms with van der Waals surface area (Å²) >= 11 is 0. The van der Waals surface area contributed by atoms with Crippen molar-refractivity contribution in [2.45, 2.75) is 52.5 Å². The fraction of sp³-hybridized carbons (Fsp3) is 0.938. The van der Waals surface area contributed by atoms with E-state index in [-0.39, 0.29) is 5.41 Å². The van der Waals surface area contributed by atoms with Gasteiger partial charge in [0.15, 0.2) is 0 Å². The van der Waals surface area contributed by atoms with Gasteiger partial charge in [-0.15, -0.1) is 0 Å². The summed E-state index contributed by atoms with van der Waals surface area (Å²) in [6.07, 6.45) is 5.84. The van der Waals surface area contributed by atoms with Crippen LogP contribution in [-0.2, 0) is 4.79 Å². The van der Waals surface area contributed by atoms with E-state index in [1.165, 1.54) is 25.7 Å². The van der Waals surface area contributed by atoms with Gasteiger partial charge >= 0.3 is 0 Å². The molecule has 0 aromatic heterocycles. The number of amides is 1. The van der Waals surface area contributed by atoms with E-state index in [0.717, 1.165) is 44.1 Å². The van der Waals surface area contributed by atoms with Gasteiger partial charge in [-0.2, -0.15) is 0 Å². The highest BCUT2D eigenvalue weighted by molar-refractivity contribution is 5.81. The minimum absolute atomic E-state index is 0.228. The first kappa shape index (κ1) is 13.4. The van der Waals surface area contributed by atoms with Gasteiger partial charge in [-0.1, -0.05) is 27.2 Å². The molecular formula is C16H28N2O. The topological polar surface area (TPSA) is 23.6 Å². The molecule has 0 N–H and O–H groups in total. The zero-order chi connectivity index (χ0) is 13.6. The summed E-state index contributed by atoms with van der Waals surface area (Å²) in [5, 5.41) is 0. The molecule has 1 heterocycles. The molecule has 3 unspecified atom stereocenters. The van der Waals surface area contributed by atoms with Crippen molar-refractivity contribution in [1.82, 2.24) is 9.80 Å². The predicted octanol–water partition coefficient (Wildman–Crippen LogP) is 2.37. The van der Waals surface area contributed by atoms with Gasteiger partial charge in [-0.25, -0.2) is 0 Å². The van der Waals surface area contributed by atoms with Crippen molar-refractivity contribution in [2.24, 2.45) is 17.3 Å². The van der Waals surface area contributed by atoms with Crippen LogP contribution in [-0.4, -0.2) is 47.9 Å². The number of nitrogens with zero attached hydrogens (tertiary/aromatic N) is 2. The Bertz CT molecular complexity index is 352. The summed E-state index contributed by atoms with van der Waals surface area (Å²) in [5.74, 6) is 2.30. The Labute approximate surface area is 117 Å². The third kappa shape index (κ3) is 2.54. The van der Waals surface area contributed by atoms with Gasteiger partial charge in [0, 0.05) is 37.6 Å². The van der Waals surface area contributed by atoms with Crippen LogP contribution in [0.25, 0.3) is 0 Å². The lowest BCUT2D eigenvalue weighted by molar-refractivity contribution is -0.141. The number of carbonyl (C=O) groups excluding carboxylic acids is 1. The van der Waals surface area contributed by atoms with Crippen LogP contribution in [0.2, 0.25) is 0 Å². The smallest absolute Gasteiger partial charge is 0.228 e. The molecule has 0 aromatic rings. The molecule has 19 heavy (non-hydrogen) atoms. The molecule has 3 aliphatic rings. The van der Waals surface area contributed by atoms with E-state index >= 15 is 0 Å². The Kier molecular flexibility index (Phi) is 3.36. The highest BCUT2D eigenvalue weighted by Gasteiger charge is 2.43. The quantitative estimate of drug-likeness (QED) is 0.726. The first-order valence-electron chi connectivity index (χ1n) is 7.98. The monoisotopic (exact) mass is 264 g/mol. The maximum atomic E-state index is 12.3. The van der Waals surface area contributed by atoms with E-state index in [2.05, 4.69) is 9.80 Å². The summed E-state index contributed by atoms with van der Waals surface area (Å²) in [6.45, 7) is 10.1. The minimum atomic E-state index is -0.228. The molecule has 3 nitrogen and oxygen atoms in total. The summed E-state index contributed by atoms with van der Waals surface area (Å²) in [7, 11) is 0. The fourth-order valence-electron chi connectivity index (χ4n) is 4.39. The second kappa shape index (κ2) is 4.76. The first-order valence-corrected chi connectivity index (χ1v) is 7.98. The molecular weight excluding hydrogens is 236 g/mol. The Balaban J connectivity index is 1.54. The van der Waals surface area contributed by atoms with Crippen LogP contribution in [0, 0.1) is 17.3 Å². The van der Waals surface area contributed by atoms with Gasteiger partial charge < -0.3 is 4.90 Å². The third-order valence-corrected chi connectivity index (χ3v) is 5.41. The maximum absolute atomic E-state index is 12.3. The normalized spacial score (nSPS) is 35.9. The molecule has 3 atom stereocenters. The lowest BCUT2D eigenvalue weighted by Crippen LogP contribution is -2.54. The van der Waals surface area contributed by atoms with E-state index in [0.29, 0.717) is 5.91 Å². The first-order chi connectivity index (χ1) is 8.95. The molecule has 2 aliphatic carbocycles. The van der Waals surface area contributed by atoms with Gasteiger partial charge in [-0.05, 0) is 31.1 Å². The van der Waals surface area contributed by atoms with Crippen LogP contribution in [0.1, 0.15) is 46.5 Å². The molecule has 2 saturated carbocycles. The molecule has 3 heteroatoms.